The van der Waals surface area contributed by atoms with Crippen LogP contribution in [0.1, 0.15) is 5.76 Å². The number of furan rings is 1. The van der Waals surface area contributed by atoms with Crippen LogP contribution in [0.25, 0.3) is 0 Å². The molecular weight excluding hydrogens is 236 g/mol. The zero-order valence-corrected chi connectivity index (χ0v) is 8.89. The second-order valence-corrected chi connectivity index (χ2v) is 3.58. The van der Waals surface area contributed by atoms with E-state index >= 15 is 0 Å². The molecule has 2 rings (SSSR count). The molecule has 0 aliphatic rings. The van der Waals surface area contributed by atoms with Gasteiger partial charge in [0.05, 0.1) is 23.5 Å². The van der Waals surface area contributed by atoms with E-state index in [9.17, 15) is 8.78 Å². The zero-order valence-electron chi connectivity index (χ0n) is 8.14. The summed E-state index contributed by atoms with van der Waals surface area (Å²) in [4.78, 5) is 0. The summed E-state index contributed by atoms with van der Waals surface area (Å²) in [6.07, 6.45) is 1.51. The summed E-state index contributed by atoms with van der Waals surface area (Å²) in [5.41, 5.74) is 0.0690. The molecule has 1 aromatic heterocycles. The average Bonchev–Trinajstić information content (AvgIpc) is 2.68. The first-order chi connectivity index (χ1) is 7.66. The van der Waals surface area contributed by atoms with E-state index in [1.807, 2.05) is 0 Å². The first kappa shape index (κ1) is 11.0. The van der Waals surface area contributed by atoms with Gasteiger partial charge in [-0.3, -0.25) is 0 Å². The van der Waals surface area contributed by atoms with Crippen molar-refractivity contribution in [3.63, 3.8) is 0 Å². The molecule has 0 bridgehead atoms. The van der Waals surface area contributed by atoms with E-state index in [-0.39, 0.29) is 17.3 Å². The second kappa shape index (κ2) is 4.53. The zero-order chi connectivity index (χ0) is 11.5. The highest BCUT2D eigenvalue weighted by molar-refractivity contribution is 6.33. The Balaban J connectivity index is 2.15. The Bertz CT molecular complexity index is 462. The van der Waals surface area contributed by atoms with E-state index in [1.165, 1.54) is 6.26 Å². The molecule has 84 valence electrons. The number of halogens is 3. The first-order valence-corrected chi connectivity index (χ1v) is 4.95. The fourth-order valence-corrected chi connectivity index (χ4v) is 1.56. The number of benzene rings is 1. The molecule has 0 radical (unpaired) electrons. The molecular formula is C11H8ClF2NO. The molecule has 5 heteroatoms. The van der Waals surface area contributed by atoms with E-state index in [0.29, 0.717) is 5.76 Å². The minimum Gasteiger partial charge on any atom is -0.467 e. The van der Waals surface area contributed by atoms with Gasteiger partial charge in [0.1, 0.15) is 11.6 Å². The van der Waals surface area contributed by atoms with Gasteiger partial charge in [0.25, 0.3) is 0 Å². The molecule has 0 unspecified atom stereocenters. The molecule has 1 heterocycles. The van der Waals surface area contributed by atoms with Gasteiger partial charge in [-0.15, -0.1) is 0 Å². The van der Waals surface area contributed by atoms with Gasteiger partial charge in [0.2, 0.25) is 0 Å². The first-order valence-electron chi connectivity index (χ1n) is 4.57. The molecule has 16 heavy (non-hydrogen) atoms. The Kier molecular flexibility index (Phi) is 3.10. The normalized spacial score (nSPS) is 10.4. The molecule has 0 aliphatic heterocycles. The van der Waals surface area contributed by atoms with E-state index in [1.54, 1.807) is 12.1 Å². The summed E-state index contributed by atoms with van der Waals surface area (Å²) in [5.74, 6) is -0.789. The summed E-state index contributed by atoms with van der Waals surface area (Å²) < 4.78 is 31.1. The molecule has 0 atom stereocenters. The van der Waals surface area contributed by atoms with E-state index in [4.69, 9.17) is 16.0 Å². The van der Waals surface area contributed by atoms with Crippen LogP contribution in [0.3, 0.4) is 0 Å². The van der Waals surface area contributed by atoms with Crippen LogP contribution in [0.2, 0.25) is 5.02 Å². The van der Waals surface area contributed by atoms with E-state index in [2.05, 4.69) is 5.32 Å². The van der Waals surface area contributed by atoms with Crippen molar-refractivity contribution in [1.82, 2.24) is 0 Å². The van der Waals surface area contributed by atoms with Crippen LogP contribution < -0.4 is 5.32 Å². The largest absolute Gasteiger partial charge is 0.467 e. The molecule has 2 aromatic rings. The maximum absolute atomic E-state index is 13.3. The van der Waals surface area contributed by atoms with Crippen molar-refractivity contribution in [3.8, 4) is 0 Å². The van der Waals surface area contributed by atoms with Crippen molar-refractivity contribution >= 4 is 17.3 Å². The third-order valence-corrected chi connectivity index (χ3v) is 2.32. The van der Waals surface area contributed by atoms with Crippen LogP contribution in [0, 0.1) is 11.6 Å². The van der Waals surface area contributed by atoms with Gasteiger partial charge in [0.15, 0.2) is 5.82 Å². The summed E-state index contributed by atoms with van der Waals surface area (Å²) >= 11 is 5.70. The fraction of sp³-hybridized carbons (Fsp3) is 0.0909. The molecule has 0 saturated carbocycles. The van der Waals surface area contributed by atoms with E-state index < -0.39 is 11.6 Å². The Labute approximate surface area is 95.8 Å². The lowest BCUT2D eigenvalue weighted by atomic mass is 10.3. The van der Waals surface area contributed by atoms with Gasteiger partial charge in [-0.2, -0.15) is 0 Å². The molecule has 1 aromatic carbocycles. The second-order valence-electron chi connectivity index (χ2n) is 3.18. The number of nitrogens with one attached hydrogen (secondary N) is 1. The van der Waals surface area contributed by atoms with Gasteiger partial charge in [0, 0.05) is 6.07 Å². The van der Waals surface area contributed by atoms with Crippen LogP contribution in [0.5, 0.6) is 0 Å². The number of hydrogen-bond donors (Lipinski definition) is 1. The molecule has 0 fully saturated rings. The van der Waals surface area contributed by atoms with Crippen molar-refractivity contribution in [2.45, 2.75) is 6.54 Å². The minimum atomic E-state index is -0.725. The minimum absolute atomic E-state index is 0.00376. The van der Waals surface area contributed by atoms with Gasteiger partial charge in [-0.05, 0) is 18.2 Å². The van der Waals surface area contributed by atoms with Crippen LogP contribution in [-0.2, 0) is 6.54 Å². The van der Waals surface area contributed by atoms with Crippen molar-refractivity contribution < 1.29 is 13.2 Å². The summed E-state index contributed by atoms with van der Waals surface area (Å²) in [7, 11) is 0. The Morgan fingerprint density at radius 1 is 1.31 bits per heavy atom. The molecule has 0 amide bonds. The maximum atomic E-state index is 13.3. The van der Waals surface area contributed by atoms with Crippen LogP contribution in [-0.4, -0.2) is 0 Å². The third kappa shape index (κ3) is 2.33. The Morgan fingerprint density at radius 2 is 2.12 bits per heavy atom. The van der Waals surface area contributed by atoms with Crippen LogP contribution in [0.4, 0.5) is 14.5 Å². The lowest BCUT2D eigenvalue weighted by molar-refractivity contribution is 0.517. The average molecular weight is 244 g/mol. The summed E-state index contributed by atoms with van der Waals surface area (Å²) in [5, 5.41) is 2.75. The monoisotopic (exact) mass is 243 g/mol. The molecule has 0 aliphatic carbocycles. The van der Waals surface area contributed by atoms with Gasteiger partial charge in [-0.25, -0.2) is 8.78 Å². The van der Waals surface area contributed by atoms with Crippen LogP contribution >= 0.6 is 11.6 Å². The molecule has 1 N–H and O–H groups in total. The topological polar surface area (TPSA) is 25.2 Å². The number of rotatable bonds is 3. The summed E-state index contributed by atoms with van der Waals surface area (Å²) in [6, 6.07) is 5.29. The quantitative estimate of drug-likeness (QED) is 0.887. The smallest absolute Gasteiger partial charge is 0.150 e. The third-order valence-electron chi connectivity index (χ3n) is 2.03. The van der Waals surface area contributed by atoms with Crippen LogP contribution in [0.15, 0.2) is 34.9 Å². The fourth-order valence-electron chi connectivity index (χ4n) is 1.30. The predicted molar refractivity (Wildman–Crippen MR) is 57.4 cm³/mol. The molecule has 0 saturated heterocycles. The highest BCUT2D eigenvalue weighted by Crippen LogP contribution is 2.26. The molecule has 0 spiro atoms. The summed E-state index contributed by atoms with van der Waals surface area (Å²) in [6.45, 7) is 0.287. The Hall–Kier alpha value is -1.55. The maximum Gasteiger partial charge on any atom is 0.150 e. The van der Waals surface area contributed by atoms with E-state index in [0.717, 1.165) is 12.1 Å². The predicted octanol–water partition coefficient (Wildman–Crippen LogP) is 3.82. The number of anilines is 1. The number of hydrogen-bond acceptors (Lipinski definition) is 2. The standard InChI is InChI=1S/C11H8ClF2NO/c12-9-4-7(13)5-10(14)11(9)15-6-8-2-1-3-16-8/h1-5,15H,6H2. The van der Waals surface area contributed by atoms with Crippen molar-refractivity contribution in [2.24, 2.45) is 0 Å². The van der Waals surface area contributed by atoms with Gasteiger partial charge in [-0.1, -0.05) is 11.6 Å². The lowest BCUT2D eigenvalue weighted by Crippen LogP contribution is -2.01. The highest BCUT2D eigenvalue weighted by Gasteiger charge is 2.09. The Morgan fingerprint density at radius 3 is 2.75 bits per heavy atom. The SMILES string of the molecule is Fc1cc(F)c(NCc2ccco2)c(Cl)c1. The van der Waals surface area contributed by atoms with Gasteiger partial charge < -0.3 is 9.73 Å². The molecule has 2 nitrogen and oxygen atoms in total. The lowest BCUT2D eigenvalue weighted by Gasteiger charge is -2.08. The van der Waals surface area contributed by atoms with Crippen molar-refractivity contribution in [3.05, 3.63) is 52.9 Å². The van der Waals surface area contributed by atoms with Gasteiger partial charge >= 0.3 is 0 Å². The van der Waals surface area contributed by atoms with Crippen molar-refractivity contribution in [2.75, 3.05) is 5.32 Å². The highest BCUT2D eigenvalue weighted by atomic mass is 35.5. The van der Waals surface area contributed by atoms with Crippen molar-refractivity contribution in [1.29, 1.82) is 0 Å².